The number of benzene rings is 1. The van der Waals surface area contributed by atoms with Gasteiger partial charge >= 0.3 is 0 Å². The highest BCUT2D eigenvalue weighted by Gasteiger charge is 2.37. The van der Waals surface area contributed by atoms with E-state index in [2.05, 4.69) is 4.90 Å². The van der Waals surface area contributed by atoms with E-state index in [4.69, 9.17) is 5.73 Å². The summed E-state index contributed by atoms with van der Waals surface area (Å²) in [6.45, 7) is 2.89. The molecular weight excluding hydrogens is 236 g/mol. The van der Waals surface area contributed by atoms with Crippen LogP contribution in [0.4, 0.5) is 5.69 Å². The number of aryl methyl sites for hydroxylation is 1. The van der Waals surface area contributed by atoms with Crippen molar-refractivity contribution in [3.63, 3.8) is 0 Å². The Labute approximate surface area is 114 Å². The summed E-state index contributed by atoms with van der Waals surface area (Å²) in [4.78, 5) is 14.8. The highest BCUT2D eigenvalue weighted by atomic mass is 16.2. The van der Waals surface area contributed by atoms with Crippen LogP contribution in [0.15, 0.2) is 18.2 Å². The smallest absolute Gasteiger partial charge is 0.256 e. The first-order valence-electron chi connectivity index (χ1n) is 7.34. The number of hydrogen-bond acceptors (Lipinski definition) is 2. The highest BCUT2D eigenvalue weighted by molar-refractivity contribution is 5.99. The quantitative estimate of drug-likeness (QED) is 0.787. The van der Waals surface area contributed by atoms with Crippen molar-refractivity contribution < 1.29 is 4.79 Å². The Kier molecular flexibility index (Phi) is 3.21. The number of nitrogens with zero attached hydrogens (tertiary/aromatic N) is 1. The maximum Gasteiger partial charge on any atom is 0.256 e. The minimum atomic E-state index is 0.133. The molecule has 1 aromatic carbocycles. The Morgan fingerprint density at radius 2 is 2.05 bits per heavy atom. The molecule has 1 aliphatic carbocycles. The molecule has 0 spiro atoms. The molecule has 0 radical (unpaired) electrons. The zero-order valence-electron chi connectivity index (χ0n) is 11.6. The molecule has 3 nitrogen and oxygen atoms in total. The third kappa shape index (κ3) is 2.22. The average molecular weight is 258 g/mol. The molecule has 3 rings (SSSR count). The molecule has 2 unspecified atom stereocenters. The van der Waals surface area contributed by atoms with E-state index in [9.17, 15) is 4.79 Å². The number of fused-ring (bicyclic) bond motifs is 1. The lowest BCUT2D eigenvalue weighted by atomic mass is 9.91. The predicted molar refractivity (Wildman–Crippen MR) is 77.0 cm³/mol. The van der Waals surface area contributed by atoms with Gasteiger partial charge in [-0.05, 0) is 56.2 Å². The normalized spacial score (nSPS) is 26.3. The van der Waals surface area contributed by atoms with Crippen molar-refractivity contribution in [1.82, 2.24) is 4.90 Å². The van der Waals surface area contributed by atoms with Gasteiger partial charge in [0, 0.05) is 18.3 Å². The van der Waals surface area contributed by atoms with Crippen LogP contribution in [0.3, 0.4) is 0 Å². The molecule has 2 aliphatic rings. The second-order valence-corrected chi connectivity index (χ2v) is 5.99. The summed E-state index contributed by atoms with van der Waals surface area (Å²) >= 11 is 0. The van der Waals surface area contributed by atoms with Gasteiger partial charge in [0.2, 0.25) is 0 Å². The van der Waals surface area contributed by atoms with Gasteiger partial charge in [-0.2, -0.15) is 0 Å². The summed E-state index contributed by atoms with van der Waals surface area (Å²) in [6.07, 6.45) is 6.15. The lowest BCUT2D eigenvalue weighted by Crippen LogP contribution is -2.46. The minimum Gasteiger partial charge on any atom is -0.398 e. The van der Waals surface area contributed by atoms with Crippen LogP contribution in [-0.2, 0) is 0 Å². The van der Waals surface area contributed by atoms with E-state index in [1.165, 1.54) is 25.7 Å². The van der Waals surface area contributed by atoms with Crippen LogP contribution in [0.1, 0.15) is 48.0 Å². The molecule has 2 N–H and O–H groups in total. The summed E-state index contributed by atoms with van der Waals surface area (Å²) in [5, 5.41) is 0. The van der Waals surface area contributed by atoms with Gasteiger partial charge in [0.05, 0.1) is 5.56 Å². The Morgan fingerprint density at radius 1 is 1.26 bits per heavy atom. The molecular formula is C16H22N2O. The van der Waals surface area contributed by atoms with Crippen LogP contribution in [-0.4, -0.2) is 23.4 Å². The maximum atomic E-state index is 12.7. The van der Waals surface area contributed by atoms with Gasteiger partial charge in [0.25, 0.3) is 5.91 Å². The predicted octanol–water partition coefficient (Wildman–Crippen LogP) is 2.98. The number of hydrogen-bond donors (Lipinski definition) is 1. The van der Waals surface area contributed by atoms with Gasteiger partial charge in [-0.1, -0.05) is 12.5 Å². The lowest BCUT2D eigenvalue weighted by molar-refractivity contribution is 0.0549. The minimum absolute atomic E-state index is 0.133. The van der Waals surface area contributed by atoms with Crippen LogP contribution in [0, 0.1) is 12.8 Å². The van der Waals surface area contributed by atoms with Crippen molar-refractivity contribution in [1.29, 1.82) is 0 Å². The number of likely N-dealkylation sites (tertiary alicyclic amines) is 1. The zero-order chi connectivity index (χ0) is 13.4. The molecule has 1 heterocycles. The summed E-state index contributed by atoms with van der Waals surface area (Å²) in [5.74, 6) is 0.860. The molecule has 0 bridgehead atoms. The van der Waals surface area contributed by atoms with Crippen LogP contribution in [0.25, 0.3) is 0 Å². The van der Waals surface area contributed by atoms with Crippen LogP contribution in [0.5, 0.6) is 0 Å². The SMILES string of the molecule is Cc1ccc(C(=O)N2CCCC3CCCC32)c(N)c1. The van der Waals surface area contributed by atoms with Crippen molar-refractivity contribution in [3.05, 3.63) is 29.3 Å². The number of rotatable bonds is 1. The number of nitrogen functional groups attached to an aromatic ring is 1. The van der Waals surface area contributed by atoms with Crippen LogP contribution < -0.4 is 5.73 Å². The fourth-order valence-electron chi connectivity index (χ4n) is 3.74. The topological polar surface area (TPSA) is 46.3 Å². The number of anilines is 1. The Balaban J connectivity index is 1.86. The highest BCUT2D eigenvalue weighted by Crippen LogP contribution is 2.37. The van der Waals surface area contributed by atoms with Gasteiger partial charge < -0.3 is 10.6 Å². The number of carbonyl (C=O) groups is 1. The standard InChI is InChI=1S/C16H22N2O/c1-11-7-8-13(14(17)10-11)16(19)18-9-3-5-12-4-2-6-15(12)18/h7-8,10,12,15H,2-6,9,17H2,1H3. The van der Waals surface area contributed by atoms with E-state index < -0.39 is 0 Å². The number of piperidine rings is 1. The molecule has 2 atom stereocenters. The molecule has 1 saturated heterocycles. The molecule has 102 valence electrons. The van der Waals surface area contributed by atoms with Crippen LogP contribution >= 0.6 is 0 Å². The molecule has 2 fully saturated rings. The van der Waals surface area contributed by atoms with Crippen molar-refractivity contribution in [2.24, 2.45) is 5.92 Å². The van der Waals surface area contributed by atoms with E-state index >= 15 is 0 Å². The molecule has 1 aromatic rings. The molecule has 0 aromatic heterocycles. The molecule has 1 amide bonds. The van der Waals surface area contributed by atoms with Crippen molar-refractivity contribution in [2.45, 2.75) is 45.1 Å². The summed E-state index contributed by atoms with van der Waals surface area (Å²) in [5.41, 5.74) is 8.42. The fraction of sp³-hybridized carbons (Fsp3) is 0.562. The van der Waals surface area contributed by atoms with E-state index in [0.717, 1.165) is 24.4 Å². The summed E-state index contributed by atoms with van der Waals surface area (Å²) < 4.78 is 0. The molecule has 3 heteroatoms. The van der Waals surface area contributed by atoms with Gasteiger partial charge in [0.15, 0.2) is 0 Å². The largest absolute Gasteiger partial charge is 0.398 e. The summed E-state index contributed by atoms with van der Waals surface area (Å²) in [7, 11) is 0. The maximum absolute atomic E-state index is 12.7. The van der Waals surface area contributed by atoms with Gasteiger partial charge in [-0.15, -0.1) is 0 Å². The average Bonchev–Trinajstić information content (AvgIpc) is 2.86. The lowest BCUT2D eigenvalue weighted by Gasteiger charge is -2.38. The molecule has 1 saturated carbocycles. The van der Waals surface area contributed by atoms with Gasteiger partial charge in [-0.25, -0.2) is 0 Å². The van der Waals surface area contributed by atoms with Crippen molar-refractivity contribution in [2.75, 3.05) is 12.3 Å². The Bertz CT molecular complexity index is 498. The fourth-order valence-corrected chi connectivity index (χ4v) is 3.74. The number of nitrogens with two attached hydrogens (primary N) is 1. The van der Waals surface area contributed by atoms with Gasteiger partial charge in [-0.3, -0.25) is 4.79 Å². The third-order valence-electron chi connectivity index (χ3n) is 4.69. The molecule has 1 aliphatic heterocycles. The van der Waals surface area contributed by atoms with E-state index in [1.54, 1.807) is 0 Å². The number of amides is 1. The Hall–Kier alpha value is -1.51. The van der Waals surface area contributed by atoms with E-state index in [0.29, 0.717) is 17.3 Å². The zero-order valence-corrected chi connectivity index (χ0v) is 11.6. The first-order valence-corrected chi connectivity index (χ1v) is 7.34. The second-order valence-electron chi connectivity index (χ2n) is 5.99. The number of carbonyl (C=O) groups excluding carboxylic acids is 1. The van der Waals surface area contributed by atoms with Crippen LogP contribution in [0.2, 0.25) is 0 Å². The van der Waals surface area contributed by atoms with Crippen molar-refractivity contribution in [3.8, 4) is 0 Å². The van der Waals surface area contributed by atoms with Gasteiger partial charge in [0.1, 0.15) is 0 Å². The van der Waals surface area contributed by atoms with E-state index in [1.807, 2.05) is 25.1 Å². The van der Waals surface area contributed by atoms with Crippen molar-refractivity contribution >= 4 is 11.6 Å². The second kappa shape index (κ2) is 4.87. The monoisotopic (exact) mass is 258 g/mol. The first-order chi connectivity index (χ1) is 9.16. The first kappa shape index (κ1) is 12.5. The third-order valence-corrected chi connectivity index (χ3v) is 4.69. The Morgan fingerprint density at radius 3 is 2.84 bits per heavy atom. The van der Waals surface area contributed by atoms with E-state index in [-0.39, 0.29) is 5.91 Å². The summed E-state index contributed by atoms with van der Waals surface area (Å²) in [6, 6.07) is 6.20. The molecule has 19 heavy (non-hydrogen) atoms.